The third kappa shape index (κ3) is 10.7. The Kier molecular flexibility index (Phi) is 14.6. The standard InChI is InChI=1S/C31H49N9O10/c1-15(2)23(38-25(43)19-7-5-9-33-19)28(46)35-16(3)30(48)40-10-6-8-22(40)27(45)37-21(13-41)26(44)39-24(17(4)42)29(47)36-20(31(49)50)11-18-12-32-14-34-18/h12,14-17,19-24,33,41-42H,5-11,13H2,1-4H3,(H,32,34)(H,35,46)(H,36,47)(H,37,45)(H,38,43)(H,39,44)(H,49,50)/t16-,17+,19-,20-,21-,22-,23-,24-/m0/s1. The molecular formula is C31H49N9O10. The molecule has 10 N–H and O–H groups in total. The van der Waals surface area contributed by atoms with Crippen molar-refractivity contribution in [1.82, 2.24) is 46.8 Å². The van der Waals surface area contributed by atoms with Gasteiger partial charge in [-0.05, 0) is 52.0 Å². The second-order valence-electron chi connectivity index (χ2n) is 13.0. The first-order chi connectivity index (χ1) is 23.6. The van der Waals surface area contributed by atoms with Crippen molar-refractivity contribution < 1.29 is 48.9 Å². The summed E-state index contributed by atoms with van der Waals surface area (Å²) in [6.07, 6.45) is 3.20. The fraction of sp³-hybridized carbons (Fsp3) is 0.677. The number of carboxylic acids is 1. The molecule has 1 aromatic rings. The number of carbonyl (C=O) groups is 7. The van der Waals surface area contributed by atoms with E-state index in [2.05, 4.69) is 41.9 Å². The van der Waals surface area contributed by atoms with Gasteiger partial charge in [0.1, 0.15) is 36.3 Å². The number of nitrogens with zero attached hydrogens (tertiary/aromatic N) is 2. The number of H-pyrrole nitrogens is 1. The Bertz CT molecular complexity index is 1370. The zero-order valence-corrected chi connectivity index (χ0v) is 28.6. The van der Waals surface area contributed by atoms with Crippen LogP contribution in [0.15, 0.2) is 12.5 Å². The van der Waals surface area contributed by atoms with Crippen molar-refractivity contribution in [2.24, 2.45) is 5.92 Å². The van der Waals surface area contributed by atoms with E-state index >= 15 is 0 Å². The molecule has 0 aliphatic carbocycles. The normalized spacial score (nSPS) is 20.9. The SMILES string of the molecule is CC(C)[C@H](NC(=O)[C@@H]1CCCN1)C(=O)N[C@@H](C)C(=O)N1CCC[C@H]1C(=O)N[C@@H](CO)C(=O)N[C@H](C(=O)N[C@@H](Cc1cnc[nH]1)C(=O)O)[C@@H](C)O. The van der Waals surface area contributed by atoms with Crippen molar-refractivity contribution in [1.29, 1.82) is 0 Å². The number of nitrogens with one attached hydrogen (secondary N) is 7. The van der Waals surface area contributed by atoms with Gasteiger partial charge < -0.3 is 57.1 Å². The van der Waals surface area contributed by atoms with Gasteiger partial charge in [-0.1, -0.05) is 13.8 Å². The van der Waals surface area contributed by atoms with E-state index in [4.69, 9.17) is 0 Å². The Morgan fingerprint density at radius 2 is 1.58 bits per heavy atom. The third-order valence-corrected chi connectivity index (χ3v) is 8.66. The Balaban J connectivity index is 1.60. The first-order valence-electron chi connectivity index (χ1n) is 16.7. The van der Waals surface area contributed by atoms with Crippen molar-refractivity contribution in [3.8, 4) is 0 Å². The predicted molar refractivity (Wildman–Crippen MR) is 175 cm³/mol. The number of likely N-dealkylation sites (tertiary alicyclic amines) is 1. The van der Waals surface area contributed by atoms with E-state index in [1.165, 1.54) is 31.3 Å². The maximum Gasteiger partial charge on any atom is 0.326 e. The molecule has 2 aliphatic heterocycles. The molecule has 19 heteroatoms. The van der Waals surface area contributed by atoms with Crippen molar-refractivity contribution >= 4 is 41.4 Å². The van der Waals surface area contributed by atoms with Crippen LogP contribution < -0.4 is 31.9 Å². The average Bonchev–Trinajstić information content (AvgIpc) is 3.87. The fourth-order valence-electron chi connectivity index (χ4n) is 5.81. The number of aliphatic carboxylic acids is 1. The number of aliphatic hydroxyl groups excluding tert-OH is 2. The van der Waals surface area contributed by atoms with Crippen LogP contribution in [0.5, 0.6) is 0 Å². The lowest BCUT2D eigenvalue weighted by Crippen LogP contribution is -2.61. The number of carboxylic acid groups (broad SMARTS) is 1. The number of amides is 6. The molecule has 0 saturated carbocycles. The Labute approximate surface area is 289 Å². The topological polar surface area (TPSA) is 284 Å². The van der Waals surface area contributed by atoms with Gasteiger partial charge in [0.2, 0.25) is 35.4 Å². The summed E-state index contributed by atoms with van der Waals surface area (Å²) in [4.78, 5) is 98.0. The predicted octanol–water partition coefficient (Wildman–Crippen LogP) is -3.75. The highest BCUT2D eigenvalue weighted by Crippen LogP contribution is 2.19. The van der Waals surface area contributed by atoms with E-state index in [0.29, 0.717) is 25.1 Å². The molecule has 1 aromatic heterocycles. The van der Waals surface area contributed by atoms with Gasteiger partial charge in [0.15, 0.2) is 0 Å². The number of hydrogen-bond acceptors (Lipinski definition) is 11. The minimum absolute atomic E-state index is 0.164. The van der Waals surface area contributed by atoms with Crippen molar-refractivity contribution in [3.05, 3.63) is 18.2 Å². The van der Waals surface area contributed by atoms with Crippen LogP contribution in [0, 0.1) is 5.92 Å². The van der Waals surface area contributed by atoms with Crippen molar-refractivity contribution in [2.45, 2.75) is 108 Å². The summed E-state index contributed by atoms with van der Waals surface area (Å²) in [6.45, 7) is 6.15. The van der Waals surface area contributed by atoms with E-state index in [0.717, 1.165) is 6.42 Å². The molecule has 0 bridgehead atoms. The van der Waals surface area contributed by atoms with E-state index in [1.807, 2.05) is 0 Å². The molecule has 6 amide bonds. The van der Waals surface area contributed by atoms with Crippen LogP contribution in [-0.2, 0) is 40.0 Å². The van der Waals surface area contributed by atoms with Crippen LogP contribution in [0.1, 0.15) is 59.1 Å². The molecule has 3 rings (SSSR count). The number of aliphatic hydroxyl groups is 2. The minimum Gasteiger partial charge on any atom is -0.480 e. The van der Waals surface area contributed by atoms with Gasteiger partial charge in [0.05, 0.1) is 25.1 Å². The number of aromatic nitrogens is 2. The van der Waals surface area contributed by atoms with Gasteiger partial charge in [-0.3, -0.25) is 28.8 Å². The van der Waals surface area contributed by atoms with Crippen LogP contribution >= 0.6 is 0 Å². The first kappa shape index (κ1) is 39.8. The molecule has 2 fully saturated rings. The molecule has 19 nitrogen and oxygen atoms in total. The highest BCUT2D eigenvalue weighted by atomic mass is 16.4. The number of imidazole rings is 1. The third-order valence-electron chi connectivity index (χ3n) is 8.66. The first-order valence-corrected chi connectivity index (χ1v) is 16.7. The van der Waals surface area contributed by atoms with Crippen LogP contribution in [0.4, 0.5) is 0 Å². The maximum atomic E-state index is 13.4. The summed E-state index contributed by atoms with van der Waals surface area (Å²) in [7, 11) is 0. The summed E-state index contributed by atoms with van der Waals surface area (Å²) in [6, 6.07) is -8.10. The second-order valence-corrected chi connectivity index (χ2v) is 13.0. The van der Waals surface area contributed by atoms with Gasteiger partial charge >= 0.3 is 5.97 Å². The highest BCUT2D eigenvalue weighted by molar-refractivity contribution is 5.97. The molecule has 0 aromatic carbocycles. The van der Waals surface area contributed by atoms with E-state index in [-0.39, 0.29) is 31.2 Å². The summed E-state index contributed by atoms with van der Waals surface area (Å²) >= 11 is 0. The highest BCUT2D eigenvalue weighted by Gasteiger charge is 2.39. The van der Waals surface area contributed by atoms with Gasteiger partial charge in [-0.15, -0.1) is 0 Å². The number of rotatable bonds is 17. The van der Waals surface area contributed by atoms with Crippen LogP contribution in [-0.4, -0.2) is 140 Å². The van der Waals surface area contributed by atoms with Crippen LogP contribution in [0.3, 0.4) is 0 Å². The quantitative estimate of drug-likeness (QED) is 0.0748. The van der Waals surface area contributed by atoms with Gasteiger partial charge in [-0.25, -0.2) is 9.78 Å². The zero-order valence-electron chi connectivity index (χ0n) is 28.6. The van der Waals surface area contributed by atoms with E-state index in [9.17, 15) is 48.9 Å². The molecule has 50 heavy (non-hydrogen) atoms. The summed E-state index contributed by atoms with van der Waals surface area (Å²) in [5.74, 6) is -5.94. The molecule has 8 atom stereocenters. The molecule has 2 saturated heterocycles. The number of aromatic amines is 1. The van der Waals surface area contributed by atoms with Gasteiger partial charge in [-0.2, -0.15) is 0 Å². The Morgan fingerprint density at radius 3 is 2.14 bits per heavy atom. The molecule has 278 valence electrons. The van der Waals surface area contributed by atoms with Crippen LogP contribution in [0.25, 0.3) is 0 Å². The average molecular weight is 708 g/mol. The lowest BCUT2D eigenvalue weighted by atomic mass is 10.0. The van der Waals surface area contributed by atoms with E-state index < -0.39 is 90.5 Å². The van der Waals surface area contributed by atoms with Gasteiger partial charge in [0, 0.05) is 24.9 Å². The number of carbonyl (C=O) groups excluding carboxylic acids is 6. The Morgan fingerprint density at radius 1 is 0.880 bits per heavy atom. The summed E-state index contributed by atoms with van der Waals surface area (Å²) in [5.41, 5.74) is 0.412. The van der Waals surface area contributed by atoms with Gasteiger partial charge in [0.25, 0.3) is 0 Å². The smallest absolute Gasteiger partial charge is 0.326 e. The van der Waals surface area contributed by atoms with Crippen LogP contribution in [0.2, 0.25) is 0 Å². The minimum atomic E-state index is -1.65. The molecule has 3 heterocycles. The second kappa shape index (κ2) is 18.4. The van der Waals surface area contributed by atoms with E-state index in [1.54, 1.807) is 13.8 Å². The lowest BCUT2D eigenvalue weighted by Gasteiger charge is -2.30. The molecule has 2 aliphatic rings. The molecular weight excluding hydrogens is 658 g/mol. The Hall–Kier alpha value is -4.62. The fourth-order valence-corrected chi connectivity index (χ4v) is 5.81. The van der Waals surface area contributed by atoms with Crippen molar-refractivity contribution in [2.75, 3.05) is 19.7 Å². The maximum absolute atomic E-state index is 13.4. The summed E-state index contributed by atoms with van der Waals surface area (Å²) in [5, 5.41) is 45.1. The summed E-state index contributed by atoms with van der Waals surface area (Å²) < 4.78 is 0. The largest absolute Gasteiger partial charge is 0.480 e. The zero-order chi connectivity index (χ0) is 37.1. The number of hydrogen-bond donors (Lipinski definition) is 10. The molecule has 0 unspecified atom stereocenters. The molecule has 0 spiro atoms. The molecule has 0 radical (unpaired) electrons. The lowest BCUT2D eigenvalue weighted by molar-refractivity contribution is -0.143. The monoisotopic (exact) mass is 707 g/mol. The van der Waals surface area contributed by atoms with Crippen molar-refractivity contribution in [3.63, 3.8) is 0 Å².